The number of carbonyl (C=O) groups excluding carboxylic acids is 2. The smallest absolute Gasteiger partial charge is 0.310 e. The summed E-state index contributed by atoms with van der Waals surface area (Å²) in [7, 11) is 3.17. The minimum Gasteiger partial charge on any atom is -0.469 e. The maximum absolute atomic E-state index is 12.0. The second kappa shape index (κ2) is 10.1. The molecule has 1 aliphatic rings. The van der Waals surface area contributed by atoms with Gasteiger partial charge in [-0.15, -0.1) is 0 Å². The zero-order valence-corrected chi connectivity index (χ0v) is 17.5. The van der Waals surface area contributed by atoms with E-state index in [1.165, 1.54) is 7.11 Å². The molecule has 1 heterocycles. The number of guanidine groups is 1. The first-order valence-corrected chi connectivity index (χ1v) is 9.76. The average Bonchev–Trinajstić information content (AvgIpc) is 3.02. The summed E-state index contributed by atoms with van der Waals surface area (Å²) in [5.41, 5.74) is 1.83. The Morgan fingerprint density at radius 2 is 2.07 bits per heavy atom. The molecule has 2 rings (SSSR count). The van der Waals surface area contributed by atoms with Gasteiger partial charge in [0.15, 0.2) is 5.96 Å². The second-order valence-electron chi connectivity index (χ2n) is 7.76. The predicted octanol–water partition coefficient (Wildman–Crippen LogP) is 2.49. The molecule has 154 valence electrons. The summed E-state index contributed by atoms with van der Waals surface area (Å²) in [5.74, 6) is 1.01. The number of likely N-dealkylation sites (tertiary alicyclic amines) is 1. The number of ether oxygens (including phenoxy) is 1. The van der Waals surface area contributed by atoms with E-state index in [0.717, 1.165) is 23.8 Å². The van der Waals surface area contributed by atoms with E-state index in [2.05, 4.69) is 27.4 Å². The standard InChI is InChI=1S/C21H32N4O3/c1-14(2)9-19(26)24-17-8-6-7-16(10-17)11-23-21(22-4)25-12-15(3)18(13-25)20(27)28-5/h6-8,10,14-15,18H,9,11-13H2,1-5H3,(H,22,23)(H,24,26). The average molecular weight is 389 g/mol. The Hall–Kier alpha value is -2.57. The Morgan fingerprint density at radius 3 is 2.71 bits per heavy atom. The van der Waals surface area contributed by atoms with Crippen molar-refractivity contribution in [2.24, 2.45) is 22.7 Å². The fourth-order valence-corrected chi connectivity index (χ4v) is 3.45. The fourth-order valence-electron chi connectivity index (χ4n) is 3.45. The van der Waals surface area contributed by atoms with Gasteiger partial charge >= 0.3 is 5.97 Å². The van der Waals surface area contributed by atoms with Crippen molar-refractivity contribution in [3.63, 3.8) is 0 Å². The number of anilines is 1. The molecule has 0 aliphatic carbocycles. The zero-order chi connectivity index (χ0) is 20.7. The van der Waals surface area contributed by atoms with E-state index in [-0.39, 0.29) is 23.7 Å². The third-order valence-electron chi connectivity index (χ3n) is 4.88. The highest BCUT2D eigenvalue weighted by atomic mass is 16.5. The van der Waals surface area contributed by atoms with Crippen molar-refractivity contribution in [2.45, 2.75) is 33.7 Å². The molecule has 2 N–H and O–H groups in total. The maximum Gasteiger partial charge on any atom is 0.310 e. The molecule has 0 saturated carbocycles. The van der Waals surface area contributed by atoms with Crippen molar-refractivity contribution >= 4 is 23.5 Å². The van der Waals surface area contributed by atoms with E-state index in [9.17, 15) is 9.59 Å². The normalized spacial score (nSPS) is 19.6. The van der Waals surface area contributed by atoms with E-state index in [1.54, 1.807) is 7.05 Å². The SMILES string of the molecule is CN=C(NCc1cccc(NC(=O)CC(C)C)c1)N1CC(C)C(C(=O)OC)C1. The number of hydrogen-bond acceptors (Lipinski definition) is 4. The number of carbonyl (C=O) groups is 2. The van der Waals surface area contributed by atoms with Gasteiger partial charge in [0.1, 0.15) is 0 Å². The monoisotopic (exact) mass is 388 g/mol. The first-order valence-electron chi connectivity index (χ1n) is 9.76. The van der Waals surface area contributed by atoms with Gasteiger partial charge in [-0.3, -0.25) is 14.6 Å². The van der Waals surface area contributed by atoms with E-state index >= 15 is 0 Å². The Kier molecular flexibility index (Phi) is 7.84. The largest absolute Gasteiger partial charge is 0.469 e. The van der Waals surface area contributed by atoms with E-state index in [4.69, 9.17) is 4.74 Å². The van der Waals surface area contributed by atoms with Crippen LogP contribution in [0.1, 0.15) is 32.8 Å². The highest BCUT2D eigenvalue weighted by molar-refractivity contribution is 5.90. The van der Waals surface area contributed by atoms with Crippen molar-refractivity contribution in [2.75, 3.05) is 32.6 Å². The summed E-state index contributed by atoms with van der Waals surface area (Å²) < 4.78 is 4.90. The third kappa shape index (κ3) is 5.97. The first kappa shape index (κ1) is 21.7. The number of benzene rings is 1. The van der Waals surface area contributed by atoms with Crippen LogP contribution >= 0.6 is 0 Å². The number of nitrogens with one attached hydrogen (secondary N) is 2. The number of esters is 1. The Bertz CT molecular complexity index is 717. The van der Waals surface area contributed by atoms with Crippen molar-refractivity contribution in [3.05, 3.63) is 29.8 Å². The number of aliphatic imine (C=N–C) groups is 1. The molecule has 2 atom stereocenters. The van der Waals surface area contributed by atoms with Crippen molar-refractivity contribution in [1.82, 2.24) is 10.2 Å². The lowest BCUT2D eigenvalue weighted by Gasteiger charge is -2.21. The van der Waals surface area contributed by atoms with Crippen LogP contribution in [0.5, 0.6) is 0 Å². The van der Waals surface area contributed by atoms with E-state index in [1.807, 2.05) is 38.1 Å². The topological polar surface area (TPSA) is 83.0 Å². The Morgan fingerprint density at radius 1 is 1.32 bits per heavy atom. The molecule has 28 heavy (non-hydrogen) atoms. The van der Waals surface area contributed by atoms with Crippen molar-refractivity contribution in [3.8, 4) is 0 Å². The molecule has 1 saturated heterocycles. The van der Waals surface area contributed by atoms with E-state index in [0.29, 0.717) is 25.4 Å². The van der Waals surface area contributed by atoms with Gasteiger partial charge < -0.3 is 20.3 Å². The quantitative estimate of drug-likeness (QED) is 0.444. The van der Waals surface area contributed by atoms with E-state index < -0.39 is 0 Å². The van der Waals surface area contributed by atoms with Crippen LogP contribution in [0.4, 0.5) is 5.69 Å². The summed E-state index contributed by atoms with van der Waals surface area (Å²) in [6.45, 7) is 8.03. The van der Waals surface area contributed by atoms with Crippen LogP contribution in [0, 0.1) is 17.8 Å². The molecule has 1 aromatic carbocycles. The van der Waals surface area contributed by atoms with Gasteiger partial charge in [-0.2, -0.15) is 0 Å². The number of hydrogen-bond donors (Lipinski definition) is 2. The molecular weight excluding hydrogens is 356 g/mol. The van der Waals surface area contributed by atoms with Crippen LogP contribution in [-0.4, -0.2) is 50.0 Å². The molecule has 1 aliphatic heterocycles. The molecule has 7 nitrogen and oxygen atoms in total. The maximum atomic E-state index is 12.0. The second-order valence-corrected chi connectivity index (χ2v) is 7.76. The molecule has 0 bridgehead atoms. The predicted molar refractivity (Wildman–Crippen MR) is 111 cm³/mol. The molecule has 0 radical (unpaired) electrons. The lowest BCUT2D eigenvalue weighted by atomic mass is 9.99. The Balaban J connectivity index is 1.94. The lowest BCUT2D eigenvalue weighted by molar-refractivity contribution is -0.146. The molecular formula is C21H32N4O3. The summed E-state index contributed by atoms with van der Waals surface area (Å²) in [6.07, 6.45) is 0.504. The first-order chi connectivity index (χ1) is 13.3. The minimum atomic E-state index is -0.171. The molecule has 7 heteroatoms. The van der Waals surface area contributed by atoms with Gasteiger partial charge in [0.2, 0.25) is 5.91 Å². The zero-order valence-electron chi connectivity index (χ0n) is 17.5. The van der Waals surface area contributed by atoms with Gasteiger partial charge in [-0.1, -0.05) is 32.9 Å². The van der Waals surface area contributed by atoms with Crippen LogP contribution < -0.4 is 10.6 Å². The third-order valence-corrected chi connectivity index (χ3v) is 4.88. The molecule has 1 aromatic rings. The number of rotatable bonds is 6. The molecule has 1 amide bonds. The van der Waals surface area contributed by atoms with Crippen LogP contribution in [0.25, 0.3) is 0 Å². The molecule has 0 aromatic heterocycles. The van der Waals surface area contributed by atoms with Crippen LogP contribution in [0.2, 0.25) is 0 Å². The number of amides is 1. The van der Waals surface area contributed by atoms with Gasteiger partial charge in [0.25, 0.3) is 0 Å². The van der Waals surface area contributed by atoms with Gasteiger partial charge in [0.05, 0.1) is 13.0 Å². The van der Waals surface area contributed by atoms with Gasteiger partial charge in [-0.05, 0) is 29.5 Å². The van der Waals surface area contributed by atoms with Crippen LogP contribution in [0.3, 0.4) is 0 Å². The summed E-state index contributed by atoms with van der Waals surface area (Å²) in [6, 6.07) is 7.78. The summed E-state index contributed by atoms with van der Waals surface area (Å²) >= 11 is 0. The fraction of sp³-hybridized carbons (Fsp3) is 0.571. The molecule has 0 spiro atoms. The summed E-state index contributed by atoms with van der Waals surface area (Å²) in [4.78, 5) is 30.3. The number of nitrogens with zero attached hydrogens (tertiary/aromatic N) is 2. The van der Waals surface area contributed by atoms with Gasteiger partial charge in [-0.25, -0.2) is 0 Å². The minimum absolute atomic E-state index is 0.0239. The lowest BCUT2D eigenvalue weighted by Crippen LogP contribution is -2.40. The van der Waals surface area contributed by atoms with Crippen molar-refractivity contribution in [1.29, 1.82) is 0 Å². The van der Waals surface area contributed by atoms with Crippen molar-refractivity contribution < 1.29 is 14.3 Å². The highest BCUT2D eigenvalue weighted by Crippen LogP contribution is 2.24. The highest BCUT2D eigenvalue weighted by Gasteiger charge is 2.36. The number of methoxy groups -OCH3 is 1. The molecule has 1 fully saturated rings. The van der Waals surface area contributed by atoms with Crippen LogP contribution in [0.15, 0.2) is 29.3 Å². The van der Waals surface area contributed by atoms with Crippen LogP contribution in [-0.2, 0) is 20.9 Å². The van der Waals surface area contributed by atoms with Gasteiger partial charge in [0, 0.05) is 38.8 Å². The molecule has 2 unspecified atom stereocenters. The summed E-state index contributed by atoms with van der Waals surface area (Å²) in [5, 5.41) is 6.29. The Labute approximate surface area is 167 Å².